The summed E-state index contributed by atoms with van der Waals surface area (Å²) < 4.78 is 5.62. The molecular formula is C16H17N5O3S2. The van der Waals surface area contributed by atoms with Gasteiger partial charge in [-0.15, -0.1) is 28.1 Å². The summed E-state index contributed by atoms with van der Waals surface area (Å²) in [5.41, 5.74) is 1.41. The number of aromatic nitrogens is 3. The van der Waals surface area contributed by atoms with E-state index in [9.17, 15) is 9.59 Å². The number of carbonyl (C=O) groups excluding carboxylic acids is 2. The van der Waals surface area contributed by atoms with Gasteiger partial charge in [-0.05, 0) is 13.8 Å². The second kappa shape index (κ2) is 7.92. The third-order valence-corrected chi connectivity index (χ3v) is 5.39. The first-order valence-corrected chi connectivity index (χ1v) is 9.72. The second-order valence-corrected chi connectivity index (χ2v) is 7.63. The first-order chi connectivity index (χ1) is 12.5. The smallest absolute Gasteiger partial charge is 0.350 e. The topological polar surface area (TPSA) is 102 Å². The molecule has 2 aromatic rings. The van der Waals surface area contributed by atoms with E-state index in [1.807, 2.05) is 12.3 Å². The molecule has 2 aromatic heterocycles. The van der Waals surface area contributed by atoms with Crippen molar-refractivity contribution < 1.29 is 14.0 Å². The maximum absolute atomic E-state index is 12.5. The number of carbonyl (C=O) groups is 2. The van der Waals surface area contributed by atoms with Crippen LogP contribution in [0.3, 0.4) is 0 Å². The first-order valence-electron chi connectivity index (χ1n) is 7.85. The zero-order chi connectivity index (χ0) is 18.7. The van der Waals surface area contributed by atoms with E-state index in [1.165, 1.54) is 17.8 Å². The van der Waals surface area contributed by atoms with Crippen LogP contribution in [0.2, 0.25) is 0 Å². The monoisotopic (exact) mass is 391 g/mol. The molecule has 8 nitrogen and oxygen atoms in total. The van der Waals surface area contributed by atoms with Gasteiger partial charge in [-0.3, -0.25) is 9.69 Å². The molecule has 136 valence electrons. The van der Waals surface area contributed by atoms with Gasteiger partial charge in [0.25, 0.3) is 5.22 Å². The number of aliphatic imine (C=N–C) groups is 1. The van der Waals surface area contributed by atoms with Gasteiger partial charge in [0, 0.05) is 29.8 Å². The van der Waals surface area contributed by atoms with Crippen molar-refractivity contribution in [3.63, 3.8) is 0 Å². The summed E-state index contributed by atoms with van der Waals surface area (Å²) in [4.78, 5) is 33.8. The van der Waals surface area contributed by atoms with Gasteiger partial charge in [0.15, 0.2) is 0 Å². The highest BCUT2D eigenvalue weighted by Gasteiger charge is 2.36. The number of hydrogen-bond donors (Lipinski definition) is 0. The molecule has 3 amide bonds. The molecule has 0 aromatic carbocycles. The number of urea groups is 1. The molecular weight excluding hydrogens is 374 g/mol. The van der Waals surface area contributed by atoms with E-state index in [0.29, 0.717) is 22.6 Å². The van der Waals surface area contributed by atoms with Gasteiger partial charge in [-0.2, -0.15) is 0 Å². The zero-order valence-corrected chi connectivity index (χ0v) is 16.0. The van der Waals surface area contributed by atoms with Crippen molar-refractivity contribution in [2.75, 3.05) is 6.54 Å². The Bertz CT molecular complexity index is 873. The molecule has 0 radical (unpaired) electrons. The van der Waals surface area contributed by atoms with Crippen molar-refractivity contribution in [3.05, 3.63) is 34.6 Å². The number of amides is 3. The molecule has 0 saturated heterocycles. The molecule has 0 spiro atoms. The van der Waals surface area contributed by atoms with Gasteiger partial charge in [0.05, 0.1) is 16.6 Å². The Kier molecular flexibility index (Phi) is 5.62. The highest BCUT2D eigenvalue weighted by atomic mass is 32.2. The van der Waals surface area contributed by atoms with E-state index in [-0.39, 0.29) is 18.9 Å². The summed E-state index contributed by atoms with van der Waals surface area (Å²) in [6.07, 6.45) is 1.70. The first kappa shape index (κ1) is 18.5. The number of nitrogens with zero attached hydrogens (tertiary/aromatic N) is 5. The molecule has 0 fully saturated rings. The SMILES string of the molecule is C=CCN1C(=O)N=C(C)C(Cc2nnc(SCc3csc(C)n3)o2)C1=O. The van der Waals surface area contributed by atoms with E-state index in [0.717, 1.165) is 15.6 Å². The Morgan fingerprint density at radius 1 is 1.38 bits per heavy atom. The van der Waals surface area contributed by atoms with E-state index >= 15 is 0 Å². The molecule has 0 saturated carbocycles. The second-order valence-electron chi connectivity index (χ2n) is 5.64. The van der Waals surface area contributed by atoms with Crippen LogP contribution >= 0.6 is 23.1 Å². The molecule has 3 rings (SSSR count). The molecule has 0 bridgehead atoms. The summed E-state index contributed by atoms with van der Waals surface area (Å²) in [5, 5.41) is 11.4. The van der Waals surface area contributed by atoms with Crippen molar-refractivity contribution in [2.24, 2.45) is 10.9 Å². The lowest BCUT2D eigenvalue weighted by atomic mass is 9.97. The molecule has 3 heterocycles. The van der Waals surface area contributed by atoms with Gasteiger partial charge >= 0.3 is 6.03 Å². The minimum atomic E-state index is -0.591. The zero-order valence-electron chi connectivity index (χ0n) is 14.3. The molecule has 0 aliphatic carbocycles. The van der Waals surface area contributed by atoms with Gasteiger partial charge in [0.1, 0.15) is 0 Å². The van der Waals surface area contributed by atoms with E-state index in [1.54, 1.807) is 18.3 Å². The van der Waals surface area contributed by atoms with E-state index < -0.39 is 11.9 Å². The summed E-state index contributed by atoms with van der Waals surface area (Å²) in [5.74, 6) is 0.0545. The minimum Gasteiger partial charge on any atom is -0.416 e. The molecule has 26 heavy (non-hydrogen) atoms. The van der Waals surface area contributed by atoms with Crippen LogP contribution in [0.1, 0.15) is 23.5 Å². The largest absolute Gasteiger partial charge is 0.416 e. The fourth-order valence-corrected chi connectivity index (χ4v) is 3.84. The van der Waals surface area contributed by atoms with Crippen molar-refractivity contribution in [3.8, 4) is 0 Å². The van der Waals surface area contributed by atoms with Gasteiger partial charge in [0.2, 0.25) is 11.8 Å². The number of thioether (sulfide) groups is 1. The molecule has 1 unspecified atom stereocenters. The van der Waals surface area contributed by atoms with Crippen molar-refractivity contribution >= 4 is 40.7 Å². The highest BCUT2D eigenvalue weighted by Crippen LogP contribution is 2.24. The summed E-state index contributed by atoms with van der Waals surface area (Å²) in [6.45, 7) is 7.30. The van der Waals surface area contributed by atoms with E-state index in [4.69, 9.17) is 4.42 Å². The third kappa shape index (κ3) is 4.07. The van der Waals surface area contributed by atoms with Crippen molar-refractivity contribution in [2.45, 2.75) is 31.2 Å². The number of aryl methyl sites for hydroxylation is 1. The predicted molar refractivity (Wildman–Crippen MR) is 98.3 cm³/mol. The van der Waals surface area contributed by atoms with Crippen LogP contribution in [0.5, 0.6) is 0 Å². The average molecular weight is 391 g/mol. The summed E-state index contributed by atoms with van der Waals surface area (Å²) in [7, 11) is 0. The van der Waals surface area contributed by atoms with Gasteiger partial charge in [-0.25, -0.2) is 14.8 Å². The lowest BCUT2D eigenvalue weighted by molar-refractivity contribution is -0.130. The maximum atomic E-state index is 12.5. The lowest BCUT2D eigenvalue weighted by Gasteiger charge is -2.27. The van der Waals surface area contributed by atoms with Crippen molar-refractivity contribution in [1.29, 1.82) is 0 Å². The van der Waals surface area contributed by atoms with Crippen LogP contribution in [0.4, 0.5) is 4.79 Å². The predicted octanol–water partition coefficient (Wildman–Crippen LogP) is 2.89. The molecule has 1 aliphatic heterocycles. The third-order valence-electron chi connectivity index (χ3n) is 3.72. The van der Waals surface area contributed by atoms with Gasteiger partial charge in [-0.1, -0.05) is 17.8 Å². The standard InChI is InChI=1S/C16H17N5O3S2/c1-4-5-21-14(22)12(9(2)17-15(21)23)6-13-19-20-16(24-13)26-8-11-7-25-10(3)18-11/h4,7,12H,1,5-6,8H2,2-3H3. The van der Waals surface area contributed by atoms with Crippen LogP contribution in [-0.4, -0.2) is 44.3 Å². The fraction of sp³-hybridized carbons (Fsp3) is 0.375. The van der Waals surface area contributed by atoms with Crippen molar-refractivity contribution in [1.82, 2.24) is 20.1 Å². The Labute approximate surface area is 158 Å². The Hall–Kier alpha value is -2.33. The van der Waals surface area contributed by atoms with Crippen LogP contribution in [0.25, 0.3) is 0 Å². The number of rotatable bonds is 7. The Morgan fingerprint density at radius 3 is 2.88 bits per heavy atom. The van der Waals surface area contributed by atoms with Crippen LogP contribution < -0.4 is 0 Å². The molecule has 0 N–H and O–H groups in total. The van der Waals surface area contributed by atoms with Crippen LogP contribution in [0.15, 0.2) is 32.7 Å². The molecule has 10 heteroatoms. The summed E-state index contributed by atoms with van der Waals surface area (Å²) in [6, 6.07) is -0.566. The number of hydrogen-bond acceptors (Lipinski definition) is 8. The maximum Gasteiger partial charge on any atom is 0.350 e. The van der Waals surface area contributed by atoms with Crippen LogP contribution in [-0.2, 0) is 17.0 Å². The lowest BCUT2D eigenvalue weighted by Crippen LogP contribution is -2.46. The van der Waals surface area contributed by atoms with Gasteiger partial charge < -0.3 is 4.42 Å². The normalized spacial score (nSPS) is 17.5. The average Bonchev–Trinajstić information content (AvgIpc) is 3.22. The molecule has 1 atom stereocenters. The van der Waals surface area contributed by atoms with E-state index in [2.05, 4.69) is 26.8 Å². The fourth-order valence-electron chi connectivity index (χ4n) is 2.45. The number of imide groups is 1. The summed E-state index contributed by atoms with van der Waals surface area (Å²) >= 11 is 2.98. The minimum absolute atomic E-state index is 0.128. The molecule has 1 aliphatic rings. The van der Waals surface area contributed by atoms with Crippen LogP contribution in [0, 0.1) is 12.8 Å². The highest BCUT2D eigenvalue weighted by molar-refractivity contribution is 7.98. The quantitative estimate of drug-likeness (QED) is 0.528. The Balaban J connectivity index is 1.66. The number of thiazole rings is 1. The Morgan fingerprint density at radius 2 is 2.19 bits per heavy atom.